The first-order chi connectivity index (χ1) is 11.6. The van der Waals surface area contributed by atoms with E-state index in [1.54, 1.807) is 24.3 Å². The van der Waals surface area contributed by atoms with Crippen LogP contribution in [0, 0.1) is 0 Å². The molecule has 124 valence electrons. The second kappa shape index (κ2) is 7.60. The third kappa shape index (κ3) is 4.22. The number of halogens is 2. The van der Waals surface area contributed by atoms with Gasteiger partial charge in [0.1, 0.15) is 13.2 Å². The van der Waals surface area contributed by atoms with Crippen LogP contribution in [0.4, 0.5) is 0 Å². The number of amides is 1. The number of carbonyl (C=O) groups excluding carboxylic acids is 1. The van der Waals surface area contributed by atoms with E-state index in [4.69, 9.17) is 32.7 Å². The Labute approximate surface area is 150 Å². The minimum atomic E-state index is -0.212. The number of benzene rings is 2. The lowest BCUT2D eigenvalue weighted by Gasteiger charge is -2.18. The van der Waals surface area contributed by atoms with Gasteiger partial charge in [-0.25, -0.2) is 0 Å². The Kier molecular flexibility index (Phi) is 5.28. The monoisotopic (exact) mass is 363 g/mol. The van der Waals surface area contributed by atoms with Crippen LogP contribution < -0.4 is 14.8 Å². The summed E-state index contributed by atoms with van der Waals surface area (Å²) >= 11 is 11.9. The molecule has 4 nitrogen and oxygen atoms in total. The van der Waals surface area contributed by atoms with Crippen molar-refractivity contribution in [2.45, 2.75) is 6.54 Å². The Morgan fingerprint density at radius 3 is 2.67 bits per heavy atom. The average Bonchev–Trinajstić information content (AvgIpc) is 2.59. The van der Waals surface area contributed by atoms with Gasteiger partial charge in [0.05, 0.1) is 0 Å². The van der Waals surface area contributed by atoms with Gasteiger partial charge >= 0.3 is 0 Å². The molecule has 0 bridgehead atoms. The molecule has 24 heavy (non-hydrogen) atoms. The molecule has 1 amide bonds. The van der Waals surface area contributed by atoms with E-state index in [2.05, 4.69) is 5.32 Å². The molecule has 0 atom stereocenters. The molecule has 0 aromatic heterocycles. The van der Waals surface area contributed by atoms with Gasteiger partial charge in [0.25, 0.3) is 0 Å². The van der Waals surface area contributed by atoms with Gasteiger partial charge in [-0.15, -0.1) is 0 Å². The number of fused-ring (bicyclic) bond motifs is 1. The van der Waals surface area contributed by atoms with Crippen molar-refractivity contribution in [1.82, 2.24) is 5.32 Å². The number of hydrogen-bond donors (Lipinski definition) is 1. The third-order valence-electron chi connectivity index (χ3n) is 3.46. The molecule has 6 heteroatoms. The predicted octanol–water partition coefficient (Wildman–Crippen LogP) is 4.09. The number of nitrogens with one attached hydrogen (secondary N) is 1. The van der Waals surface area contributed by atoms with Crippen LogP contribution in [0.25, 0.3) is 6.08 Å². The first-order valence-corrected chi connectivity index (χ1v) is 8.17. The molecular weight excluding hydrogens is 349 g/mol. The topological polar surface area (TPSA) is 47.6 Å². The van der Waals surface area contributed by atoms with Crippen molar-refractivity contribution in [2.24, 2.45) is 0 Å². The summed E-state index contributed by atoms with van der Waals surface area (Å²) in [6, 6.07) is 10.7. The van der Waals surface area contributed by atoms with E-state index in [9.17, 15) is 4.79 Å². The summed E-state index contributed by atoms with van der Waals surface area (Å²) in [6.07, 6.45) is 3.19. The van der Waals surface area contributed by atoms with Crippen molar-refractivity contribution in [3.8, 4) is 11.5 Å². The number of ether oxygens (including phenoxy) is 2. The molecular formula is C18H15Cl2NO3. The number of hydrogen-bond acceptors (Lipinski definition) is 3. The van der Waals surface area contributed by atoms with Gasteiger partial charge in [0, 0.05) is 22.7 Å². The maximum Gasteiger partial charge on any atom is 0.244 e. The second-order valence-electron chi connectivity index (χ2n) is 5.19. The second-order valence-corrected chi connectivity index (χ2v) is 6.03. The summed E-state index contributed by atoms with van der Waals surface area (Å²) in [7, 11) is 0. The Hall–Kier alpha value is -2.17. The molecule has 1 aliphatic heterocycles. The summed E-state index contributed by atoms with van der Waals surface area (Å²) in [4.78, 5) is 11.9. The molecule has 0 unspecified atom stereocenters. The molecule has 0 radical (unpaired) electrons. The van der Waals surface area contributed by atoms with Crippen LogP contribution >= 0.6 is 23.2 Å². The van der Waals surface area contributed by atoms with Crippen molar-refractivity contribution < 1.29 is 14.3 Å². The van der Waals surface area contributed by atoms with Crippen molar-refractivity contribution in [1.29, 1.82) is 0 Å². The molecule has 0 saturated heterocycles. The van der Waals surface area contributed by atoms with Crippen LogP contribution in [0.5, 0.6) is 11.5 Å². The fraction of sp³-hybridized carbons (Fsp3) is 0.167. The summed E-state index contributed by atoms with van der Waals surface area (Å²) in [5.41, 5.74) is 1.67. The van der Waals surface area contributed by atoms with Gasteiger partial charge in [-0.1, -0.05) is 35.3 Å². The zero-order valence-corrected chi connectivity index (χ0v) is 14.2. The lowest BCUT2D eigenvalue weighted by Crippen LogP contribution is -2.20. The molecule has 0 aliphatic carbocycles. The maximum atomic E-state index is 11.9. The summed E-state index contributed by atoms with van der Waals surface area (Å²) < 4.78 is 11.0. The van der Waals surface area contributed by atoms with Gasteiger partial charge < -0.3 is 14.8 Å². The van der Waals surface area contributed by atoms with E-state index in [0.717, 1.165) is 16.9 Å². The minimum absolute atomic E-state index is 0.212. The zero-order valence-electron chi connectivity index (χ0n) is 12.7. The highest BCUT2D eigenvalue weighted by Crippen LogP contribution is 2.31. The highest BCUT2D eigenvalue weighted by molar-refractivity contribution is 6.35. The van der Waals surface area contributed by atoms with E-state index in [1.165, 1.54) is 6.08 Å². The Balaban J connectivity index is 1.59. The lowest BCUT2D eigenvalue weighted by molar-refractivity contribution is -0.116. The summed E-state index contributed by atoms with van der Waals surface area (Å²) in [5, 5.41) is 3.87. The number of rotatable bonds is 4. The van der Waals surface area contributed by atoms with Gasteiger partial charge in [-0.3, -0.25) is 4.79 Å². The normalized spacial score (nSPS) is 13.1. The highest BCUT2D eigenvalue weighted by atomic mass is 35.5. The maximum absolute atomic E-state index is 11.9. The van der Waals surface area contributed by atoms with Gasteiger partial charge in [-0.2, -0.15) is 0 Å². The highest BCUT2D eigenvalue weighted by Gasteiger charge is 2.10. The van der Waals surface area contributed by atoms with Crippen LogP contribution in [0.3, 0.4) is 0 Å². The first kappa shape index (κ1) is 16.7. The van der Waals surface area contributed by atoms with Crippen molar-refractivity contribution in [3.05, 3.63) is 63.6 Å². The van der Waals surface area contributed by atoms with Crippen LogP contribution in [-0.2, 0) is 11.3 Å². The van der Waals surface area contributed by atoms with E-state index in [0.29, 0.717) is 35.6 Å². The van der Waals surface area contributed by atoms with Crippen LogP contribution in [0.15, 0.2) is 42.5 Å². The predicted molar refractivity (Wildman–Crippen MR) is 94.8 cm³/mol. The molecule has 1 aliphatic rings. The molecule has 2 aromatic carbocycles. The standard InChI is InChI=1S/C18H15Cl2NO3/c19-14-4-3-13(15(20)10-14)11-21-18(22)6-2-12-1-5-16-17(9-12)24-8-7-23-16/h1-6,9-10H,7-8,11H2,(H,21,22)/b6-2+. The minimum Gasteiger partial charge on any atom is -0.486 e. The van der Waals surface area contributed by atoms with Crippen LogP contribution in [-0.4, -0.2) is 19.1 Å². The van der Waals surface area contributed by atoms with Gasteiger partial charge in [-0.05, 0) is 41.5 Å². The van der Waals surface area contributed by atoms with E-state index in [-0.39, 0.29) is 5.91 Å². The molecule has 1 N–H and O–H groups in total. The van der Waals surface area contributed by atoms with E-state index in [1.807, 2.05) is 18.2 Å². The van der Waals surface area contributed by atoms with Crippen LogP contribution in [0.2, 0.25) is 10.0 Å². The Morgan fingerprint density at radius 1 is 1.08 bits per heavy atom. The summed E-state index contributed by atoms with van der Waals surface area (Å²) in [6.45, 7) is 1.42. The lowest BCUT2D eigenvalue weighted by atomic mass is 10.1. The van der Waals surface area contributed by atoms with Gasteiger partial charge in [0.15, 0.2) is 11.5 Å². The third-order valence-corrected chi connectivity index (χ3v) is 4.05. The van der Waals surface area contributed by atoms with Crippen molar-refractivity contribution in [3.63, 3.8) is 0 Å². The van der Waals surface area contributed by atoms with Gasteiger partial charge in [0.2, 0.25) is 5.91 Å². The van der Waals surface area contributed by atoms with Crippen molar-refractivity contribution >= 4 is 35.2 Å². The molecule has 0 spiro atoms. The molecule has 1 heterocycles. The molecule has 3 rings (SSSR count). The quantitative estimate of drug-likeness (QED) is 0.832. The zero-order chi connectivity index (χ0) is 16.9. The van der Waals surface area contributed by atoms with Crippen molar-refractivity contribution in [2.75, 3.05) is 13.2 Å². The van der Waals surface area contributed by atoms with Crippen LogP contribution in [0.1, 0.15) is 11.1 Å². The smallest absolute Gasteiger partial charge is 0.244 e. The van der Waals surface area contributed by atoms with E-state index < -0.39 is 0 Å². The fourth-order valence-corrected chi connectivity index (χ4v) is 2.72. The Bertz CT molecular complexity index is 790. The first-order valence-electron chi connectivity index (χ1n) is 7.41. The SMILES string of the molecule is O=C(/C=C/c1ccc2c(c1)OCCO2)NCc1ccc(Cl)cc1Cl. The average molecular weight is 364 g/mol. The molecule has 0 fully saturated rings. The van der Waals surface area contributed by atoms with E-state index >= 15 is 0 Å². The fourth-order valence-electron chi connectivity index (χ4n) is 2.24. The molecule has 0 saturated carbocycles. The molecule has 2 aromatic rings. The summed E-state index contributed by atoms with van der Waals surface area (Å²) in [5.74, 6) is 1.20. The Morgan fingerprint density at radius 2 is 1.88 bits per heavy atom. The largest absolute Gasteiger partial charge is 0.486 e. The number of carbonyl (C=O) groups is 1.